The molecule has 1 saturated carbocycles. The van der Waals surface area contributed by atoms with Crippen molar-refractivity contribution in [2.24, 2.45) is 12.9 Å². The number of hydrogen-bond acceptors (Lipinski definition) is 4. The number of aryl methyl sites for hydroxylation is 1. The smallest absolute Gasteiger partial charge is 0.110 e. The molecule has 108 valence electrons. The maximum absolute atomic E-state index is 6.13. The molecule has 1 aromatic rings. The summed E-state index contributed by atoms with van der Waals surface area (Å²) in [5.41, 5.74) is 2.85. The first-order chi connectivity index (χ1) is 9.22. The molecule has 2 rings (SSSR count). The number of nitrogens with zero attached hydrogens (tertiary/aromatic N) is 2. The van der Waals surface area contributed by atoms with Crippen molar-refractivity contribution in [1.82, 2.24) is 15.0 Å². The summed E-state index contributed by atoms with van der Waals surface area (Å²) in [4.78, 5) is 4.40. The number of nitrogens with one attached hydrogen (secondary N) is 1. The third-order valence-electron chi connectivity index (χ3n) is 4.28. The first kappa shape index (κ1) is 14.5. The Kier molecular flexibility index (Phi) is 4.96. The summed E-state index contributed by atoms with van der Waals surface area (Å²) in [6, 6.07) is 0.119. The number of rotatable bonds is 6. The Balaban J connectivity index is 2.14. The number of nitrogens with two attached hydrogens (primary N) is 1. The SMILES string of the molecule is CCOC1(C(Cc2nccn2C)NN)CCCCC1. The Hall–Kier alpha value is -0.910. The van der Waals surface area contributed by atoms with Crippen molar-refractivity contribution < 1.29 is 4.74 Å². The predicted molar refractivity (Wildman–Crippen MR) is 75.5 cm³/mol. The van der Waals surface area contributed by atoms with Gasteiger partial charge in [0.1, 0.15) is 5.82 Å². The van der Waals surface area contributed by atoms with E-state index in [1.165, 1.54) is 19.3 Å². The van der Waals surface area contributed by atoms with E-state index in [4.69, 9.17) is 10.6 Å². The molecule has 0 spiro atoms. The molecule has 1 aliphatic carbocycles. The molecule has 0 saturated heterocycles. The van der Waals surface area contributed by atoms with E-state index in [2.05, 4.69) is 17.3 Å². The van der Waals surface area contributed by atoms with Crippen LogP contribution in [0.3, 0.4) is 0 Å². The van der Waals surface area contributed by atoms with Crippen LogP contribution in [0.25, 0.3) is 0 Å². The maximum Gasteiger partial charge on any atom is 0.110 e. The number of hydrazine groups is 1. The van der Waals surface area contributed by atoms with Gasteiger partial charge in [0.05, 0.1) is 11.6 Å². The lowest BCUT2D eigenvalue weighted by Crippen LogP contribution is -2.57. The normalized spacial score (nSPS) is 20.4. The minimum absolute atomic E-state index is 0.119. The van der Waals surface area contributed by atoms with Crippen LogP contribution in [-0.4, -0.2) is 27.8 Å². The van der Waals surface area contributed by atoms with Gasteiger partial charge in [-0.15, -0.1) is 0 Å². The Morgan fingerprint density at radius 3 is 2.74 bits per heavy atom. The predicted octanol–water partition coefficient (Wildman–Crippen LogP) is 1.53. The van der Waals surface area contributed by atoms with E-state index in [9.17, 15) is 0 Å². The van der Waals surface area contributed by atoms with Crippen molar-refractivity contribution in [2.75, 3.05) is 6.61 Å². The van der Waals surface area contributed by atoms with Crippen molar-refractivity contribution in [3.8, 4) is 0 Å². The van der Waals surface area contributed by atoms with Crippen LogP contribution in [0.2, 0.25) is 0 Å². The minimum atomic E-state index is -0.131. The molecule has 0 amide bonds. The van der Waals surface area contributed by atoms with Crippen molar-refractivity contribution in [2.45, 2.75) is 57.1 Å². The zero-order valence-corrected chi connectivity index (χ0v) is 12.1. The largest absolute Gasteiger partial charge is 0.374 e. The van der Waals surface area contributed by atoms with Crippen LogP contribution in [0, 0.1) is 0 Å². The van der Waals surface area contributed by atoms with Gasteiger partial charge < -0.3 is 9.30 Å². The molecule has 1 heterocycles. The highest BCUT2D eigenvalue weighted by molar-refractivity contribution is 5.02. The molecule has 19 heavy (non-hydrogen) atoms. The highest BCUT2D eigenvalue weighted by Gasteiger charge is 2.40. The summed E-state index contributed by atoms with van der Waals surface area (Å²) in [6.07, 6.45) is 10.5. The van der Waals surface area contributed by atoms with E-state index in [1.807, 2.05) is 24.0 Å². The zero-order chi connectivity index (χ0) is 13.7. The lowest BCUT2D eigenvalue weighted by Gasteiger charge is -2.43. The van der Waals surface area contributed by atoms with Crippen molar-refractivity contribution in [1.29, 1.82) is 0 Å². The van der Waals surface area contributed by atoms with Crippen LogP contribution in [-0.2, 0) is 18.2 Å². The summed E-state index contributed by atoms with van der Waals surface area (Å²) in [7, 11) is 2.02. The summed E-state index contributed by atoms with van der Waals surface area (Å²) >= 11 is 0. The fourth-order valence-electron chi connectivity index (χ4n) is 3.20. The molecular formula is C14H26N4O. The van der Waals surface area contributed by atoms with Gasteiger partial charge >= 0.3 is 0 Å². The quantitative estimate of drug-likeness (QED) is 0.605. The first-order valence-corrected chi connectivity index (χ1v) is 7.28. The van der Waals surface area contributed by atoms with Crippen LogP contribution in [0.5, 0.6) is 0 Å². The first-order valence-electron chi connectivity index (χ1n) is 7.28. The summed E-state index contributed by atoms with van der Waals surface area (Å²) in [5.74, 6) is 6.87. The van der Waals surface area contributed by atoms with Crippen LogP contribution in [0.15, 0.2) is 12.4 Å². The topological polar surface area (TPSA) is 65.1 Å². The standard InChI is InChI=1S/C14H26N4O/c1-3-19-14(7-5-4-6-8-14)12(17-15)11-13-16-9-10-18(13)2/h9-10,12,17H,3-8,11,15H2,1-2H3. The Bertz CT molecular complexity index is 379. The molecule has 1 aliphatic rings. The Morgan fingerprint density at radius 1 is 1.47 bits per heavy atom. The molecule has 3 N–H and O–H groups in total. The van der Waals surface area contributed by atoms with Crippen molar-refractivity contribution in [3.63, 3.8) is 0 Å². The second-order valence-electron chi connectivity index (χ2n) is 5.44. The molecule has 0 bridgehead atoms. The van der Waals surface area contributed by atoms with E-state index in [1.54, 1.807) is 0 Å². The highest BCUT2D eigenvalue weighted by Crippen LogP contribution is 2.35. The molecular weight excluding hydrogens is 240 g/mol. The van der Waals surface area contributed by atoms with E-state index < -0.39 is 0 Å². The van der Waals surface area contributed by atoms with E-state index in [-0.39, 0.29) is 11.6 Å². The summed E-state index contributed by atoms with van der Waals surface area (Å²) < 4.78 is 8.18. The van der Waals surface area contributed by atoms with Gasteiger partial charge in [0.25, 0.3) is 0 Å². The molecule has 1 fully saturated rings. The molecule has 0 radical (unpaired) electrons. The molecule has 0 aromatic carbocycles. The van der Waals surface area contributed by atoms with Gasteiger partial charge in [-0.1, -0.05) is 19.3 Å². The molecule has 5 nitrogen and oxygen atoms in total. The fraction of sp³-hybridized carbons (Fsp3) is 0.786. The third-order valence-corrected chi connectivity index (χ3v) is 4.28. The number of ether oxygens (including phenoxy) is 1. The second kappa shape index (κ2) is 6.50. The van der Waals surface area contributed by atoms with Crippen LogP contribution in [0.4, 0.5) is 0 Å². The van der Waals surface area contributed by atoms with Crippen LogP contribution >= 0.6 is 0 Å². The number of aromatic nitrogens is 2. The van der Waals surface area contributed by atoms with Crippen LogP contribution in [0.1, 0.15) is 44.9 Å². The Labute approximate surface area is 115 Å². The zero-order valence-electron chi connectivity index (χ0n) is 12.1. The Morgan fingerprint density at radius 2 is 2.21 bits per heavy atom. The van der Waals surface area contributed by atoms with Gasteiger partial charge in [-0.05, 0) is 19.8 Å². The van der Waals surface area contributed by atoms with Gasteiger partial charge in [-0.2, -0.15) is 0 Å². The number of imidazole rings is 1. The monoisotopic (exact) mass is 266 g/mol. The van der Waals surface area contributed by atoms with Crippen molar-refractivity contribution >= 4 is 0 Å². The number of hydrogen-bond donors (Lipinski definition) is 2. The van der Waals surface area contributed by atoms with Gasteiger partial charge in [0.2, 0.25) is 0 Å². The summed E-state index contributed by atoms with van der Waals surface area (Å²) in [5, 5.41) is 0. The average Bonchev–Trinajstić information content (AvgIpc) is 2.82. The van der Waals surface area contributed by atoms with E-state index >= 15 is 0 Å². The highest BCUT2D eigenvalue weighted by atomic mass is 16.5. The third kappa shape index (κ3) is 3.16. The summed E-state index contributed by atoms with van der Waals surface area (Å²) in [6.45, 7) is 2.80. The van der Waals surface area contributed by atoms with Crippen molar-refractivity contribution in [3.05, 3.63) is 18.2 Å². The second-order valence-corrected chi connectivity index (χ2v) is 5.44. The molecule has 1 unspecified atom stereocenters. The van der Waals surface area contributed by atoms with E-state index in [0.29, 0.717) is 0 Å². The lowest BCUT2D eigenvalue weighted by atomic mass is 9.78. The van der Waals surface area contributed by atoms with Gasteiger partial charge in [-0.3, -0.25) is 11.3 Å². The van der Waals surface area contributed by atoms with Gasteiger partial charge in [0.15, 0.2) is 0 Å². The molecule has 1 atom stereocenters. The molecule has 0 aliphatic heterocycles. The maximum atomic E-state index is 6.13. The molecule has 1 aromatic heterocycles. The lowest BCUT2D eigenvalue weighted by molar-refractivity contribution is -0.0902. The van der Waals surface area contributed by atoms with Crippen LogP contribution < -0.4 is 11.3 Å². The minimum Gasteiger partial charge on any atom is -0.374 e. The molecule has 5 heteroatoms. The van der Waals surface area contributed by atoms with E-state index in [0.717, 1.165) is 31.7 Å². The van der Waals surface area contributed by atoms with Gasteiger partial charge in [0, 0.05) is 32.5 Å². The average molecular weight is 266 g/mol. The van der Waals surface area contributed by atoms with Gasteiger partial charge in [-0.25, -0.2) is 4.98 Å². The fourth-order valence-corrected chi connectivity index (χ4v) is 3.20.